The van der Waals surface area contributed by atoms with E-state index in [9.17, 15) is 10.1 Å². The van der Waals surface area contributed by atoms with Gasteiger partial charge in [-0.3, -0.25) is 10.1 Å². The van der Waals surface area contributed by atoms with Crippen molar-refractivity contribution in [1.82, 2.24) is 14.9 Å². The first-order valence-electron chi connectivity index (χ1n) is 6.67. The Morgan fingerprint density at radius 3 is 2.55 bits per heavy atom. The molecular weight excluding hydrogens is 260 g/mol. The molecular formula is C12H20N6O2. The van der Waals surface area contributed by atoms with E-state index >= 15 is 0 Å². The van der Waals surface area contributed by atoms with E-state index in [0.717, 1.165) is 25.9 Å². The normalized spacial score (nSPS) is 16.9. The second kappa shape index (κ2) is 6.00. The van der Waals surface area contributed by atoms with E-state index in [2.05, 4.69) is 32.5 Å². The third-order valence-electron chi connectivity index (χ3n) is 3.52. The summed E-state index contributed by atoms with van der Waals surface area (Å²) in [5.74, 6) is 0.699. The van der Waals surface area contributed by atoms with Gasteiger partial charge in [0, 0.05) is 13.1 Å². The van der Waals surface area contributed by atoms with Crippen LogP contribution in [0.1, 0.15) is 18.5 Å². The molecule has 0 radical (unpaired) electrons. The van der Waals surface area contributed by atoms with Gasteiger partial charge in [-0.1, -0.05) is 0 Å². The summed E-state index contributed by atoms with van der Waals surface area (Å²) in [6.45, 7) is 3.59. The summed E-state index contributed by atoms with van der Waals surface area (Å²) in [5.41, 5.74) is 0.327. The van der Waals surface area contributed by atoms with E-state index in [0.29, 0.717) is 17.5 Å². The van der Waals surface area contributed by atoms with E-state index in [1.165, 1.54) is 0 Å². The van der Waals surface area contributed by atoms with E-state index < -0.39 is 4.92 Å². The van der Waals surface area contributed by atoms with E-state index in [4.69, 9.17) is 0 Å². The van der Waals surface area contributed by atoms with Crippen LogP contribution in [-0.2, 0) is 0 Å². The van der Waals surface area contributed by atoms with Crippen molar-refractivity contribution in [2.75, 3.05) is 37.8 Å². The van der Waals surface area contributed by atoms with Gasteiger partial charge in [0.1, 0.15) is 5.69 Å². The molecule has 0 atom stereocenters. The zero-order valence-corrected chi connectivity index (χ0v) is 12.0. The zero-order valence-electron chi connectivity index (χ0n) is 12.0. The Morgan fingerprint density at radius 1 is 1.35 bits per heavy atom. The van der Waals surface area contributed by atoms with Crippen molar-refractivity contribution in [2.24, 2.45) is 0 Å². The van der Waals surface area contributed by atoms with Gasteiger partial charge < -0.3 is 15.5 Å². The highest BCUT2D eigenvalue weighted by atomic mass is 16.6. The molecule has 8 heteroatoms. The number of nitrogens with one attached hydrogen (secondary N) is 2. The molecule has 1 saturated heterocycles. The molecule has 8 nitrogen and oxygen atoms in total. The maximum atomic E-state index is 11.2. The van der Waals surface area contributed by atoms with Crippen molar-refractivity contribution in [3.05, 3.63) is 15.8 Å². The van der Waals surface area contributed by atoms with Crippen LogP contribution in [0.3, 0.4) is 0 Å². The van der Waals surface area contributed by atoms with Crippen molar-refractivity contribution in [1.29, 1.82) is 0 Å². The molecule has 1 aromatic heterocycles. The smallest absolute Gasteiger partial charge is 0.332 e. The Labute approximate surface area is 117 Å². The predicted molar refractivity (Wildman–Crippen MR) is 77.1 cm³/mol. The highest BCUT2D eigenvalue weighted by Crippen LogP contribution is 2.28. The molecule has 1 aliphatic heterocycles. The van der Waals surface area contributed by atoms with Crippen LogP contribution in [0.25, 0.3) is 0 Å². The SMILES string of the molecule is CNc1nc(C)c([N+](=O)[O-])c(NC2CCN(C)CC2)n1. The lowest BCUT2D eigenvalue weighted by molar-refractivity contribution is -0.385. The minimum Gasteiger partial charge on any atom is -0.361 e. The molecule has 20 heavy (non-hydrogen) atoms. The maximum Gasteiger partial charge on any atom is 0.332 e. The molecule has 2 heterocycles. The summed E-state index contributed by atoms with van der Waals surface area (Å²) < 4.78 is 0. The molecule has 0 amide bonds. The van der Waals surface area contributed by atoms with Gasteiger partial charge in [-0.2, -0.15) is 4.98 Å². The Balaban J connectivity index is 2.24. The van der Waals surface area contributed by atoms with Crippen LogP contribution in [-0.4, -0.2) is 53.0 Å². The summed E-state index contributed by atoms with van der Waals surface area (Å²) in [6, 6.07) is 0.212. The third-order valence-corrected chi connectivity index (χ3v) is 3.52. The van der Waals surface area contributed by atoms with Crippen molar-refractivity contribution < 1.29 is 4.92 Å². The number of anilines is 2. The number of rotatable bonds is 4. The number of nitrogens with zero attached hydrogens (tertiary/aromatic N) is 4. The Bertz CT molecular complexity index is 499. The molecule has 0 aromatic carbocycles. The summed E-state index contributed by atoms with van der Waals surface area (Å²) in [6.07, 6.45) is 1.90. The third kappa shape index (κ3) is 3.13. The van der Waals surface area contributed by atoms with Crippen LogP contribution < -0.4 is 10.6 Å². The first-order chi connectivity index (χ1) is 9.51. The number of aryl methyl sites for hydroxylation is 1. The van der Waals surface area contributed by atoms with Crippen LogP contribution in [0.2, 0.25) is 0 Å². The second-order valence-electron chi connectivity index (χ2n) is 5.06. The molecule has 1 fully saturated rings. The van der Waals surface area contributed by atoms with Gasteiger partial charge in [0.25, 0.3) is 0 Å². The Morgan fingerprint density at radius 2 is 2.00 bits per heavy atom. The summed E-state index contributed by atoms with van der Waals surface area (Å²) in [4.78, 5) is 21.3. The van der Waals surface area contributed by atoms with Crippen molar-refractivity contribution >= 4 is 17.5 Å². The topological polar surface area (TPSA) is 96.2 Å². The first kappa shape index (κ1) is 14.4. The molecule has 110 valence electrons. The van der Waals surface area contributed by atoms with Crippen LogP contribution in [0.5, 0.6) is 0 Å². The van der Waals surface area contributed by atoms with Crippen molar-refractivity contribution in [3.8, 4) is 0 Å². The van der Waals surface area contributed by atoms with Crippen LogP contribution in [0.15, 0.2) is 0 Å². The Kier molecular flexibility index (Phi) is 4.33. The lowest BCUT2D eigenvalue weighted by Gasteiger charge is -2.29. The van der Waals surface area contributed by atoms with E-state index in [1.807, 2.05) is 0 Å². The highest BCUT2D eigenvalue weighted by Gasteiger charge is 2.25. The van der Waals surface area contributed by atoms with E-state index in [-0.39, 0.29) is 11.7 Å². The average Bonchev–Trinajstić information content (AvgIpc) is 2.40. The minimum absolute atomic E-state index is 0.0390. The molecule has 2 N–H and O–H groups in total. The maximum absolute atomic E-state index is 11.2. The molecule has 1 aromatic rings. The Hall–Kier alpha value is -1.96. The highest BCUT2D eigenvalue weighted by molar-refractivity contribution is 5.61. The summed E-state index contributed by atoms with van der Waals surface area (Å²) in [5, 5.41) is 17.2. The lowest BCUT2D eigenvalue weighted by atomic mass is 10.1. The van der Waals surface area contributed by atoms with Gasteiger partial charge in [-0.05, 0) is 39.9 Å². The van der Waals surface area contributed by atoms with Gasteiger partial charge in [-0.15, -0.1) is 0 Å². The molecule has 0 spiro atoms. The van der Waals surface area contributed by atoms with Crippen LogP contribution >= 0.6 is 0 Å². The average molecular weight is 280 g/mol. The van der Waals surface area contributed by atoms with Crippen molar-refractivity contribution in [2.45, 2.75) is 25.8 Å². The molecule has 0 saturated carbocycles. The van der Waals surface area contributed by atoms with Gasteiger partial charge in [0.05, 0.1) is 4.92 Å². The quantitative estimate of drug-likeness (QED) is 0.632. The fourth-order valence-electron chi connectivity index (χ4n) is 2.34. The minimum atomic E-state index is -0.425. The first-order valence-corrected chi connectivity index (χ1v) is 6.67. The van der Waals surface area contributed by atoms with Crippen molar-refractivity contribution in [3.63, 3.8) is 0 Å². The molecule has 0 aliphatic carbocycles. The standard InChI is InChI=1S/C12H20N6O2/c1-8-10(18(19)20)11(16-12(13-2)14-8)15-9-4-6-17(3)7-5-9/h9H,4-7H2,1-3H3,(H2,13,14,15,16). The monoisotopic (exact) mass is 280 g/mol. The number of hydrogen-bond donors (Lipinski definition) is 2. The molecule has 0 unspecified atom stereocenters. The summed E-state index contributed by atoms with van der Waals surface area (Å²) >= 11 is 0. The number of nitro groups is 1. The summed E-state index contributed by atoms with van der Waals surface area (Å²) in [7, 11) is 3.77. The van der Waals surface area contributed by atoms with Gasteiger partial charge in [-0.25, -0.2) is 4.98 Å². The van der Waals surface area contributed by atoms with Gasteiger partial charge >= 0.3 is 5.69 Å². The number of piperidine rings is 1. The van der Waals surface area contributed by atoms with Gasteiger partial charge in [0.15, 0.2) is 0 Å². The fraction of sp³-hybridized carbons (Fsp3) is 0.667. The number of likely N-dealkylation sites (tertiary alicyclic amines) is 1. The number of aromatic nitrogens is 2. The number of hydrogen-bond acceptors (Lipinski definition) is 7. The van der Waals surface area contributed by atoms with Crippen LogP contribution in [0.4, 0.5) is 17.5 Å². The lowest BCUT2D eigenvalue weighted by Crippen LogP contribution is -2.37. The second-order valence-corrected chi connectivity index (χ2v) is 5.06. The molecule has 0 bridgehead atoms. The molecule has 2 rings (SSSR count). The van der Waals surface area contributed by atoms with Crippen LogP contribution in [0, 0.1) is 17.0 Å². The largest absolute Gasteiger partial charge is 0.361 e. The van der Waals surface area contributed by atoms with Gasteiger partial charge in [0.2, 0.25) is 11.8 Å². The predicted octanol–water partition coefficient (Wildman–Crippen LogP) is 1.24. The van der Waals surface area contributed by atoms with E-state index in [1.54, 1.807) is 14.0 Å². The zero-order chi connectivity index (χ0) is 14.7. The molecule has 1 aliphatic rings. The fourth-order valence-corrected chi connectivity index (χ4v) is 2.34.